The molecule has 2 aromatic rings. The average molecular weight is 335 g/mol. The lowest BCUT2D eigenvalue weighted by molar-refractivity contribution is 0.282. The molecule has 2 heterocycles. The third-order valence-corrected chi connectivity index (χ3v) is 6.16. The SMILES string of the molecule is Cc1ccc2c(CN(C)C[C@@H]3CCS(=O)(=O)C3)cc(=O)oc2c1. The Kier molecular flexibility index (Phi) is 4.29. The summed E-state index contributed by atoms with van der Waals surface area (Å²) >= 11 is 0. The van der Waals surface area contributed by atoms with Gasteiger partial charge < -0.3 is 9.32 Å². The van der Waals surface area contributed by atoms with E-state index in [-0.39, 0.29) is 17.3 Å². The zero-order chi connectivity index (χ0) is 16.6. The van der Waals surface area contributed by atoms with Crippen LogP contribution in [-0.2, 0) is 16.4 Å². The van der Waals surface area contributed by atoms with Gasteiger partial charge in [-0.2, -0.15) is 0 Å². The summed E-state index contributed by atoms with van der Waals surface area (Å²) in [5.74, 6) is 0.746. The predicted octanol–water partition coefficient (Wildman–Crippen LogP) is 1.97. The van der Waals surface area contributed by atoms with Crippen LogP contribution in [-0.4, -0.2) is 38.4 Å². The van der Waals surface area contributed by atoms with E-state index in [0.717, 1.165) is 22.9 Å². The molecule has 6 heteroatoms. The van der Waals surface area contributed by atoms with Crippen molar-refractivity contribution in [3.63, 3.8) is 0 Å². The Bertz CT molecular complexity index is 885. The van der Waals surface area contributed by atoms with Crippen molar-refractivity contribution >= 4 is 20.8 Å². The summed E-state index contributed by atoms with van der Waals surface area (Å²) in [6, 6.07) is 7.36. The molecule has 0 saturated carbocycles. The Morgan fingerprint density at radius 1 is 1.30 bits per heavy atom. The zero-order valence-corrected chi connectivity index (χ0v) is 14.2. The number of fused-ring (bicyclic) bond motifs is 1. The molecule has 0 radical (unpaired) electrons. The Morgan fingerprint density at radius 3 is 2.78 bits per heavy atom. The van der Waals surface area contributed by atoms with Crippen LogP contribution in [0.4, 0.5) is 0 Å². The summed E-state index contributed by atoms with van der Waals surface area (Å²) in [6.07, 6.45) is 0.726. The van der Waals surface area contributed by atoms with Crippen LogP contribution in [0.5, 0.6) is 0 Å². The quantitative estimate of drug-likeness (QED) is 0.799. The number of benzene rings is 1. The standard InChI is InChI=1S/C17H21NO4S/c1-12-3-4-15-14(8-17(19)22-16(15)7-12)10-18(2)9-13-5-6-23(20,21)11-13/h3-4,7-8,13H,5-6,9-11H2,1-2H3/t13-/m0/s1. The van der Waals surface area contributed by atoms with Gasteiger partial charge in [-0.1, -0.05) is 12.1 Å². The lowest BCUT2D eigenvalue weighted by Gasteiger charge is -2.20. The molecule has 1 aliphatic rings. The van der Waals surface area contributed by atoms with Crippen molar-refractivity contribution in [2.75, 3.05) is 25.1 Å². The van der Waals surface area contributed by atoms with Crippen LogP contribution < -0.4 is 5.63 Å². The van der Waals surface area contributed by atoms with Gasteiger partial charge in [0, 0.05) is 24.5 Å². The molecule has 5 nitrogen and oxygen atoms in total. The molecule has 1 fully saturated rings. The molecule has 3 rings (SSSR count). The lowest BCUT2D eigenvalue weighted by Crippen LogP contribution is -2.26. The Balaban J connectivity index is 1.80. The largest absolute Gasteiger partial charge is 0.423 e. The van der Waals surface area contributed by atoms with Crippen LogP contribution >= 0.6 is 0 Å². The fourth-order valence-electron chi connectivity index (χ4n) is 3.28. The van der Waals surface area contributed by atoms with Crippen LogP contribution in [0.25, 0.3) is 11.0 Å². The highest BCUT2D eigenvalue weighted by molar-refractivity contribution is 7.91. The average Bonchev–Trinajstić information content (AvgIpc) is 2.76. The Hall–Kier alpha value is -1.66. The summed E-state index contributed by atoms with van der Waals surface area (Å²) in [6.45, 7) is 3.27. The first kappa shape index (κ1) is 16.2. The second-order valence-electron chi connectivity index (χ2n) is 6.56. The number of aryl methyl sites for hydroxylation is 1. The third kappa shape index (κ3) is 3.82. The minimum Gasteiger partial charge on any atom is -0.423 e. The summed E-state index contributed by atoms with van der Waals surface area (Å²) in [5.41, 5.74) is 2.21. The highest BCUT2D eigenvalue weighted by Gasteiger charge is 2.28. The van der Waals surface area contributed by atoms with Gasteiger partial charge in [-0.3, -0.25) is 0 Å². The summed E-state index contributed by atoms with van der Waals surface area (Å²) < 4.78 is 28.4. The van der Waals surface area contributed by atoms with E-state index in [0.29, 0.717) is 24.4 Å². The molecule has 0 aliphatic carbocycles. The molecule has 1 saturated heterocycles. The molecule has 0 bridgehead atoms. The van der Waals surface area contributed by atoms with E-state index >= 15 is 0 Å². The zero-order valence-electron chi connectivity index (χ0n) is 13.4. The second-order valence-corrected chi connectivity index (χ2v) is 8.78. The van der Waals surface area contributed by atoms with Gasteiger partial charge in [0.25, 0.3) is 0 Å². The highest BCUT2D eigenvalue weighted by Crippen LogP contribution is 2.22. The van der Waals surface area contributed by atoms with Gasteiger partial charge in [0.05, 0.1) is 11.5 Å². The van der Waals surface area contributed by atoms with E-state index in [2.05, 4.69) is 4.90 Å². The van der Waals surface area contributed by atoms with E-state index in [9.17, 15) is 13.2 Å². The molecule has 1 aliphatic heterocycles. The van der Waals surface area contributed by atoms with Crippen LogP contribution in [0.2, 0.25) is 0 Å². The van der Waals surface area contributed by atoms with E-state index in [4.69, 9.17) is 4.42 Å². The van der Waals surface area contributed by atoms with Crippen molar-refractivity contribution in [1.82, 2.24) is 4.90 Å². The molecule has 1 atom stereocenters. The van der Waals surface area contributed by atoms with E-state index in [1.165, 1.54) is 6.07 Å². The number of hydrogen-bond acceptors (Lipinski definition) is 5. The molecule has 23 heavy (non-hydrogen) atoms. The van der Waals surface area contributed by atoms with Crippen molar-refractivity contribution in [3.05, 3.63) is 45.8 Å². The molecule has 1 aromatic carbocycles. The van der Waals surface area contributed by atoms with Gasteiger partial charge >= 0.3 is 5.63 Å². The number of sulfone groups is 1. The molecule has 124 valence electrons. The number of nitrogens with zero attached hydrogens (tertiary/aromatic N) is 1. The second kappa shape index (κ2) is 6.09. The molecule has 0 unspecified atom stereocenters. The minimum absolute atomic E-state index is 0.179. The fraction of sp³-hybridized carbons (Fsp3) is 0.471. The normalized spacial score (nSPS) is 20.4. The van der Waals surface area contributed by atoms with Crippen LogP contribution in [0.15, 0.2) is 33.5 Å². The summed E-state index contributed by atoms with van der Waals surface area (Å²) in [4.78, 5) is 13.8. The maximum atomic E-state index is 11.8. The Morgan fingerprint density at radius 2 is 2.09 bits per heavy atom. The highest BCUT2D eigenvalue weighted by atomic mass is 32.2. The third-order valence-electron chi connectivity index (χ3n) is 4.32. The van der Waals surface area contributed by atoms with Crippen LogP contribution in [0, 0.1) is 12.8 Å². The first-order valence-electron chi connectivity index (χ1n) is 7.75. The first-order valence-corrected chi connectivity index (χ1v) is 9.57. The molecule has 0 N–H and O–H groups in total. The van der Waals surface area contributed by atoms with Crippen molar-refractivity contribution < 1.29 is 12.8 Å². The molecular formula is C17H21NO4S. The topological polar surface area (TPSA) is 67.6 Å². The number of rotatable bonds is 4. The van der Waals surface area contributed by atoms with E-state index < -0.39 is 9.84 Å². The fourth-order valence-corrected chi connectivity index (χ4v) is 5.13. The summed E-state index contributed by atoms with van der Waals surface area (Å²) in [5, 5.41) is 0.932. The van der Waals surface area contributed by atoms with Gasteiger partial charge in [0.15, 0.2) is 9.84 Å². The van der Waals surface area contributed by atoms with Gasteiger partial charge in [-0.15, -0.1) is 0 Å². The van der Waals surface area contributed by atoms with E-state index in [1.807, 2.05) is 32.2 Å². The molecular weight excluding hydrogens is 314 g/mol. The van der Waals surface area contributed by atoms with Crippen molar-refractivity contribution in [1.29, 1.82) is 0 Å². The molecule has 0 spiro atoms. The van der Waals surface area contributed by atoms with Gasteiger partial charge in [-0.05, 0) is 43.5 Å². The first-order chi connectivity index (χ1) is 10.8. The van der Waals surface area contributed by atoms with Gasteiger partial charge in [-0.25, -0.2) is 13.2 Å². The smallest absolute Gasteiger partial charge is 0.336 e. The van der Waals surface area contributed by atoms with Crippen LogP contribution in [0.1, 0.15) is 17.5 Å². The Labute approximate surface area is 135 Å². The maximum Gasteiger partial charge on any atom is 0.336 e. The van der Waals surface area contributed by atoms with Crippen molar-refractivity contribution in [2.24, 2.45) is 5.92 Å². The number of hydrogen-bond donors (Lipinski definition) is 0. The summed E-state index contributed by atoms with van der Waals surface area (Å²) in [7, 11) is -0.894. The molecule has 1 aromatic heterocycles. The van der Waals surface area contributed by atoms with Gasteiger partial charge in [0.2, 0.25) is 0 Å². The van der Waals surface area contributed by atoms with Crippen molar-refractivity contribution in [3.8, 4) is 0 Å². The molecule has 0 amide bonds. The van der Waals surface area contributed by atoms with Crippen molar-refractivity contribution in [2.45, 2.75) is 19.9 Å². The predicted molar refractivity (Wildman–Crippen MR) is 90.3 cm³/mol. The lowest BCUT2D eigenvalue weighted by atomic mass is 10.1. The van der Waals surface area contributed by atoms with E-state index in [1.54, 1.807) is 0 Å². The van der Waals surface area contributed by atoms with Crippen LogP contribution in [0.3, 0.4) is 0 Å². The minimum atomic E-state index is -2.85. The maximum absolute atomic E-state index is 11.8. The monoisotopic (exact) mass is 335 g/mol. The van der Waals surface area contributed by atoms with Gasteiger partial charge in [0.1, 0.15) is 5.58 Å².